The number of amides is 2. The molecule has 1 aromatic carbocycles. The number of aromatic nitrogens is 2. The van der Waals surface area contributed by atoms with Gasteiger partial charge < -0.3 is 10.6 Å². The molecule has 0 aliphatic rings. The zero-order valence-corrected chi connectivity index (χ0v) is 17.8. The highest BCUT2D eigenvalue weighted by atomic mass is 32.2. The SMILES string of the molecule is CCS(=O)(=O)N(C)CCCNC(=O)Nc1ccc(Sc2ncccn2)cc1C. The molecule has 2 N–H and O–H groups in total. The number of urea groups is 1. The standard InChI is InChI=1S/C18H25N5O3S2/c1-4-28(25,26)23(3)12-6-11-19-17(24)22-16-8-7-15(13-14(16)2)27-18-20-9-5-10-21-18/h5,7-10,13H,4,6,11-12H2,1-3H3,(H2,19,22,24). The first kappa shape index (κ1) is 22.1. The first-order valence-electron chi connectivity index (χ1n) is 8.86. The summed E-state index contributed by atoms with van der Waals surface area (Å²) < 4.78 is 24.6. The van der Waals surface area contributed by atoms with Crippen LogP contribution < -0.4 is 10.6 Å². The van der Waals surface area contributed by atoms with E-state index in [0.29, 0.717) is 30.4 Å². The number of hydrogen-bond acceptors (Lipinski definition) is 6. The Hall–Kier alpha value is -2.17. The van der Waals surface area contributed by atoms with Crippen LogP contribution in [-0.2, 0) is 10.0 Å². The first-order chi connectivity index (χ1) is 13.3. The van der Waals surface area contributed by atoms with Crippen molar-refractivity contribution < 1.29 is 13.2 Å². The maximum absolute atomic E-state index is 12.1. The summed E-state index contributed by atoms with van der Waals surface area (Å²) >= 11 is 1.45. The van der Waals surface area contributed by atoms with E-state index in [0.717, 1.165) is 10.5 Å². The fraction of sp³-hybridized carbons (Fsp3) is 0.389. The Morgan fingerprint density at radius 3 is 2.61 bits per heavy atom. The largest absolute Gasteiger partial charge is 0.338 e. The van der Waals surface area contributed by atoms with Gasteiger partial charge in [-0.1, -0.05) is 0 Å². The van der Waals surface area contributed by atoms with E-state index < -0.39 is 10.0 Å². The third kappa shape index (κ3) is 6.77. The van der Waals surface area contributed by atoms with Gasteiger partial charge in [0.15, 0.2) is 5.16 Å². The number of rotatable bonds is 9. The van der Waals surface area contributed by atoms with Gasteiger partial charge in [-0.3, -0.25) is 0 Å². The summed E-state index contributed by atoms with van der Waals surface area (Å²) in [7, 11) is -1.64. The lowest BCUT2D eigenvalue weighted by Crippen LogP contribution is -2.34. The number of carbonyl (C=O) groups is 1. The highest BCUT2D eigenvalue weighted by Gasteiger charge is 2.14. The fourth-order valence-electron chi connectivity index (χ4n) is 2.31. The van der Waals surface area contributed by atoms with E-state index in [1.807, 2.05) is 25.1 Å². The zero-order valence-electron chi connectivity index (χ0n) is 16.2. The van der Waals surface area contributed by atoms with Gasteiger partial charge in [-0.05, 0) is 61.9 Å². The van der Waals surface area contributed by atoms with Crippen LogP contribution in [0.15, 0.2) is 46.7 Å². The minimum atomic E-state index is -3.19. The molecule has 1 heterocycles. The predicted molar refractivity (Wildman–Crippen MR) is 111 cm³/mol. The molecule has 2 aromatic rings. The van der Waals surface area contributed by atoms with E-state index in [1.54, 1.807) is 32.4 Å². The molecule has 0 atom stereocenters. The number of nitrogens with one attached hydrogen (secondary N) is 2. The Morgan fingerprint density at radius 2 is 1.96 bits per heavy atom. The van der Waals surface area contributed by atoms with Gasteiger partial charge in [-0.2, -0.15) is 0 Å². The summed E-state index contributed by atoms with van der Waals surface area (Å²) in [4.78, 5) is 21.4. The van der Waals surface area contributed by atoms with E-state index in [-0.39, 0.29) is 11.8 Å². The highest BCUT2D eigenvalue weighted by molar-refractivity contribution is 7.99. The normalized spacial score (nSPS) is 11.4. The average molecular weight is 424 g/mol. The summed E-state index contributed by atoms with van der Waals surface area (Å²) in [6.45, 7) is 4.27. The van der Waals surface area contributed by atoms with Crippen molar-refractivity contribution in [3.8, 4) is 0 Å². The van der Waals surface area contributed by atoms with Crippen molar-refractivity contribution in [3.05, 3.63) is 42.2 Å². The van der Waals surface area contributed by atoms with E-state index in [1.165, 1.54) is 16.1 Å². The fourth-order valence-corrected chi connectivity index (χ4v) is 3.97. The second-order valence-electron chi connectivity index (χ2n) is 6.07. The summed E-state index contributed by atoms with van der Waals surface area (Å²) in [5.41, 5.74) is 1.63. The van der Waals surface area contributed by atoms with E-state index in [2.05, 4.69) is 20.6 Å². The number of carbonyl (C=O) groups excluding carboxylic acids is 1. The molecule has 2 rings (SSSR count). The van der Waals surface area contributed by atoms with Crippen LogP contribution in [-0.4, -0.2) is 54.6 Å². The van der Waals surface area contributed by atoms with Crippen molar-refractivity contribution in [2.75, 3.05) is 31.2 Å². The molecule has 0 spiro atoms. The number of hydrogen-bond donors (Lipinski definition) is 2. The molecule has 0 unspecified atom stereocenters. The molecule has 0 fully saturated rings. The highest BCUT2D eigenvalue weighted by Crippen LogP contribution is 2.27. The second-order valence-corrected chi connectivity index (χ2v) is 9.47. The molecule has 10 heteroatoms. The van der Waals surface area contributed by atoms with Crippen LogP contribution in [0.25, 0.3) is 0 Å². The van der Waals surface area contributed by atoms with Gasteiger partial charge in [0.05, 0.1) is 5.75 Å². The number of anilines is 1. The van der Waals surface area contributed by atoms with Crippen LogP contribution in [0.2, 0.25) is 0 Å². The lowest BCUT2D eigenvalue weighted by Gasteiger charge is -2.16. The van der Waals surface area contributed by atoms with Crippen molar-refractivity contribution in [2.24, 2.45) is 0 Å². The van der Waals surface area contributed by atoms with Crippen LogP contribution >= 0.6 is 11.8 Å². The third-order valence-corrected chi connectivity index (χ3v) is 6.72. The lowest BCUT2D eigenvalue weighted by molar-refractivity contribution is 0.251. The Kier molecular flexibility index (Phi) is 8.21. The maximum atomic E-state index is 12.1. The van der Waals surface area contributed by atoms with Gasteiger partial charge in [-0.25, -0.2) is 27.5 Å². The first-order valence-corrected chi connectivity index (χ1v) is 11.3. The monoisotopic (exact) mass is 423 g/mol. The number of nitrogens with zero attached hydrogens (tertiary/aromatic N) is 3. The summed E-state index contributed by atoms with van der Waals surface area (Å²) in [6.07, 6.45) is 3.92. The van der Waals surface area contributed by atoms with Crippen molar-refractivity contribution in [1.29, 1.82) is 0 Å². The van der Waals surface area contributed by atoms with Gasteiger partial charge in [-0.15, -0.1) is 0 Å². The van der Waals surface area contributed by atoms with Crippen molar-refractivity contribution >= 4 is 33.5 Å². The smallest absolute Gasteiger partial charge is 0.319 e. The summed E-state index contributed by atoms with van der Waals surface area (Å²) in [6, 6.07) is 7.13. The Labute approximate surface area is 170 Å². The van der Waals surface area contributed by atoms with Gasteiger partial charge in [0.1, 0.15) is 0 Å². The summed E-state index contributed by atoms with van der Waals surface area (Å²) in [5, 5.41) is 6.21. The Bertz CT molecular complexity index is 891. The molecule has 0 radical (unpaired) electrons. The molecule has 0 saturated heterocycles. The topological polar surface area (TPSA) is 104 Å². The van der Waals surface area contributed by atoms with Crippen LogP contribution in [0.1, 0.15) is 18.9 Å². The predicted octanol–water partition coefficient (Wildman–Crippen LogP) is 2.73. The van der Waals surface area contributed by atoms with E-state index in [9.17, 15) is 13.2 Å². The lowest BCUT2D eigenvalue weighted by atomic mass is 10.2. The third-order valence-electron chi connectivity index (χ3n) is 3.97. The average Bonchev–Trinajstić information content (AvgIpc) is 2.68. The Morgan fingerprint density at radius 1 is 1.25 bits per heavy atom. The number of benzene rings is 1. The van der Waals surface area contributed by atoms with Crippen LogP contribution in [0.4, 0.5) is 10.5 Å². The van der Waals surface area contributed by atoms with Gasteiger partial charge in [0.2, 0.25) is 10.0 Å². The summed E-state index contributed by atoms with van der Waals surface area (Å²) in [5.74, 6) is 0.0708. The van der Waals surface area contributed by atoms with E-state index >= 15 is 0 Å². The quantitative estimate of drug-likeness (QED) is 0.475. The molecule has 28 heavy (non-hydrogen) atoms. The molecule has 2 amide bonds. The molecular weight excluding hydrogens is 398 g/mol. The van der Waals surface area contributed by atoms with Crippen LogP contribution in [0.5, 0.6) is 0 Å². The Balaban J connectivity index is 1.80. The minimum Gasteiger partial charge on any atom is -0.338 e. The molecule has 152 valence electrons. The molecule has 0 saturated carbocycles. The van der Waals surface area contributed by atoms with E-state index in [4.69, 9.17) is 0 Å². The zero-order chi connectivity index (χ0) is 20.6. The molecule has 1 aromatic heterocycles. The van der Waals surface area contributed by atoms with Gasteiger partial charge in [0.25, 0.3) is 0 Å². The molecular formula is C18H25N5O3S2. The van der Waals surface area contributed by atoms with Crippen molar-refractivity contribution in [2.45, 2.75) is 30.3 Å². The molecule has 8 nitrogen and oxygen atoms in total. The number of sulfonamides is 1. The van der Waals surface area contributed by atoms with Crippen LogP contribution in [0.3, 0.4) is 0 Å². The number of aryl methyl sites for hydroxylation is 1. The minimum absolute atomic E-state index is 0.0708. The molecule has 0 aliphatic heterocycles. The van der Waals surface area contributed by atoms with Gasteiger partial charge >= 0.3 is 6.03 Å². The second kappa shape index (κ2) is 10.4. The molecule has 0 aliphatic carbocycles. The van der Waals surface area contributed by atoms with Gasteiger partial charge in [0, 0.05) is 43.1 Å². The molecule has 0 bridgehead atoms. The van der Waals surface area contributed by atoms with Crippen LogP contribution in [0, 0.1) is 6.92 Å². The van der Waals surface area contributed by atoms with Crippen molar-refractivity contribution in [3.63, 3.8) is 0 Å². The maximum Gasteiger partial charge on any atom is 0.319 e. The van der Waals surface area contributed by atoms with Crippen molar-refractivity contribution in [1.82, 2.24) is 19.6 Å².